The van der Waals surface area contributed by atoms with Crippen molar-refractivity contribution in [2.45, 2.75) is 19.9 Å². The summed E-state index contributed by atoms with van der Waals surface area (Å²) in [5.41, 5.74) is 2.81. The quantitative estimate of drug-likeness (QED) is 0.938. The summed E-state index contributed by atoms with van der Waals surface area (Å²) in [6, 6.07) is 5.29. The Labute approximate surface area is 129 Å². The van der Waals surface area contributed by atoms with Gasteiger partial charge < -0.3 is 14.4 Å². The molecule has 0 fully saturated rings. The van der Waals surface area contributed by atoms with E-state index in [2.05, 4.69) is 10.2 Å². The number of amides is 1. The monoisotopic (exact) mass is 301 g/mol. The smallest absolute Gasteiger partial charge is 0.254 e. The minimum absolute atomic E-state index is 0.00421. The van der Waals surface area contributed by atoms with E-state index in [4.69, 9.17) is 9.47 Å². The fourth-order valence-corrected chi connectivity index (χ4v) is 2.66. The van der Waals surface area contributed by atoms with Crippen LogP contribution in [0.25, 0.3) is 0 Å². The topological polar surface area (TPSA) is 67.5 Å². The van der Waals surface area contributed by atoms with Crippen LogP contribution < -0.4 is 9.47 Å². The van der Waals surface area contributed by atoms with Gasteiger partial charge in [-0.3, -0.25) is 9.89 Å². The average Bonchev–Trinajstić information content (AvgIpc) is 3.02. The van der Waals surface area contributed by atoms with Crippen LogP contribution in [0.4, 0.5) is 0 Å². The molecule has 1 aliphatic rings. The maximum Gasteiger partial charge on any atom is 0.254 e. The molecule has 0 bridgehead atoms. The van der Waals surface area contributed by atoms with E-state index in [1.165, 1.54) is 0 Å². The molecule has 6 heteroatoms. The van der Waals surface area contributed by atoms with E-state index in [1.54, 1.807) is 31.5 Å². The lowest BCUT2D eigenvalue weighted by Crippen LogP contribution is -2.35. The number of hydrogen-bond donors (Lipinski definition) is 1. The Bertz CT molecular complexity index is 681. The van der Waals surface area contributed by atoms with Gasteiger partial charge in [0.2, 0.25) is 0 Å². The van der Waals surface area contributed by atoms with Crippen LogP contribution in [-0.4, -0.2) is 41.3 Å². The van der Waals surface area contributed by atoms with Crippen LogP contribution in [0, 0.1) is 0 Å². The van der Waals surface area contributed by atoms with Gasteiger partial charge in [0.25, 0.3) is 5.91 Å². The van der Waals surface area contributed by atoms with E-state index in [1.807, 2.05) is 11.8 Å². The first kappa shape index (κ1) is 14.4. The second-order valence-corrected chi connectivity index (χ2v) is 5.15. The summed E-state index contributed by atoms with van der Waals surface area (Å²) in [6.07, 6.45) is 2.59. The first-order valence-electron chi connectivity index (χ1n) is 7.34. The number of carbonyl (C=O) groups excluding carboxylic acids is 1. The third-order valence-electron chi connectivity index (χ3n) is 3.80. The van der Waals surface area contributed by atoms with Gasteiger partial charge >= 0.3 is 0 Å². The van der Waals surface area contributed by atoms with E-state index in [-0.39, 0.29) is 5.91 Å². The molecule has 1 N–H and O–H groups in total. The maximum absolute atomic E-state index is 12.7. The van der Waals surface area contributed by atoms with Gasteiger partial charge in [-0.05, 0) is 25.1 Å². The van der Waals surface area contributed by atoms with Crippen molar-refractivity contribution in [3.63, 3.8) is 0 Å². The third-order valence-corrected chi connectivity index (χ3v) is 3.80. The second-order valence-electron chi connectivity index (χ2n) is 5.15. The SMILES string of the molecule is CCOc1cc(C(=O)N2CCc3[nH]ncc3C2)ccc1OC. The van der Waals surface area contributed by atoms with Crippen molar-refractivity contribution in [3.05, 3.63) is 41.2 Å². The highest BCUT2D eigenvalue weighted by Gasteiger charge is 2.23. The minimum atomic E-state index is -0.00421. The Morgan fingerprint density at radius 2 is 2.27 bits per heavy atom. The molecule has 6 nitrogen and oxygen atoms in total. The maximum atomic E-state index is 12.7. The van der Waals surface area contributed by atoms with Gasteiger partial charge in [0.05, 0.1) is 19.9 Å². The molecule has 0 saturated carbocycles. The number of rotatable bonds is 4. The molecule has 0 radical (unpaired) electrons. The van der Waals surface area contributed by atoms with Gasteiger partial charge in [0, 0.05) is 36.3 Å². The second kappa shape index (κ2) is 6.09. The number of aromatic nitrogens is 2. The van der Waals surface area contributed by atoms with E-state index in [0.29, 0.717) is 36.8 Å². The molecule has 0 saturated heterocycles. The van der Waals surface area contributed by atoms with Crippen LogP contribution in [0.15, 0.2) is 24.4 Å². The molecule has 1 amide bonds. The summed E-state index contributed by atoms with van der Waals surface area (Å²) in [5, 5.41) is 7.01. The molecular weight excluding hydrogens is 282 g/mol. The van der Waals surface area contributed by atoms with Gasteiger partial charge in [-0.25, -0.2) is 0 Å². The zero-order valence-corrected chi connectivity index (χ0v) is 12.8. The number of nitrogens with one attached hydrogen (secondary N) is 1. The van der Waals surface area contributed by atoms with Crippen molar-refractivity contribution < 1.29 is 14.3 Å². The fraction of sp³-hybridized carbons (Fsp3) is 0.375. The number of methoxy groups -OCH3 is 1. The summed E-state index contributed by atoms with van der Waals surface area (Å²) < 4.78 is 10.8. The number of ether oxygens (including phenoxy) is 2. The highest BCUT2D eigenvalue weighted by Crippen LogP contribution is 2.29. The Balaban J connectivity index is 1.82. The van der Waals surface area contributed by atoms with E-state index >= 15 is 0 Å². The third kappa shape index (κ3) is 2.64. The largest absolute Gasteiger partial charge is 0.493 e. The van der Waals surface area contributed by atoms with Crippen LogP contribution in [0.3, 0.4) is 0 Å². The molecule has 116 valence electrons. The van der Waals surface area contributed by atoms with Crippen molar-refractivity contribution in [2.75, 3.05) is 20.3 Å². The van der Waals surface area contributed by atoms with Crippen LogP contribution >= 0.6 is 0 Å². The summed E-state index contributed by atoms with van der Waals surface area (Å²) >= 11 is 0. The molecule has 2 aromatic rings. The van der Waals surface area contributed by atoms with Crippen molar-refractivity contribution in [1.29, 1.82) is 0 Å². The Kier molecular flexibility index (Phi) is 4.00. The van der Waals surface area contributed by atoms with E-state index in [9.17, 15) is 4.79 Å². The standard InChI is InChI=1S/C16H19N3O3/c1-3-22-15-8-11(4-5-14(15)21-2)16(20)19-7-6-13-12(10-19)9-17-18-13/h4-5,8-9H,3,6-7,10H2,1-2H3,(H,17,18). The lowest BCUT2D eigenvalue weighted by Gasteiger charge is -2.26. The van der Waals surface area contributed by atoms with Crippen LogP contribution in [-0.2, 0) is 13.0 Å². The molecular formula is C16H19N3O3. The van der Waals surface area contributed by atoms with Gasteiger partial charge in [-0.2, -0.15) is 5.10 Å². The molecule has 0 atom stereocenters. The number of benzene rings is 1. The molecule has 1 aromatic heterocycles. The normalized spacial score (nSPS) is 13.6. The zero-order valence-electron chi connectivity index (χ0n) is 12.8. The first-order chi connectivity index (χ1) is 10.7. The lowest BCUT2D eigenvalue weighted by atomic mass is 10.1. The predicted molar refractivity (Wildman–Crippen MR) is 81.2 cm³/mol. The molecule has 1 aliphatic heterocycles. The molecule has 0 unspecified atom stereocenters. The van der Waals surface area contributed by atoms with Crippen molar-refractivity contribution in [1.82, 2.24) is 15.1 Å². The highest BCUT2D eigenvalue weighted by atomic mass is 16.5. The van der Waals surface area contributed by atoms with Gasteiger partial charge in [0.15, 0.2) is 11.5 Å². The van der Waals surface area contributed by atoms with Crippen molar-refractivity contribution in [3.8, 4) is 11.5 Å². The van der Waals surface area contributed by atoms with Gasteiger partial charge in [-0.1, -0.05) is 0 Å². The molecule has 1 aromatic carbocycles. The number of fused-ring (bicyclic) bond motifs is 1. The summed E-state index contributed by atoms with van der Waals surface area (Å²) in [6.45, 7) is 3.69. The number of carbonyl (C=O) groups is 1. The Hall–Kier alpha value is -2.50. The summed E-state index contributed by atoms with van der Waals surface area (Å²) in [4.78, 5) is 14.5. The summed E-state index contributed by atoms with van der Waals surface area (Å²) in [7, 11) is 1.59. The predicted octanol–water partition coefficient (Wildman–Crippen LogP) is 2.02. The van der Waals surface area contributed by atoms with Crippen molar-refractivity contribution >= 4 is 5.91 Å². The molecule has 0 aliphatic carbocycles. The molecule has 0 spiro atoms. The Morgan fingerprint density at radius 1 is 1.41 bits per heavy atom. The number of aromatic amines is 1. The van der Waals surface area contributed by atoms with Gasteiger partial charge in [-0.15, -0.1) is 0 Å². The number of hydrogen-bond acceptors (Lipinski definition) is 4. The van der Waals surface area contributed by atoms with E-state index in [0.717, 1.165) is 17.7 Å². The highest BCUT2D eigenvalue weighted by molar-refractivity contribution is 5.95. The zero-order chi connectivity index (χ0) is 15.5. The van der Waals surface area contributed by atoms with Crippen LogP contribution in [0.2, 0.25) is 0 Å². The fourth-order valence-electron chi connectivity index (χ4n) is 2.66. The molecule has 22 heavy (non-hydrogen) atoms. The number of H-pyrrole nitrogens is 1. The van der Waals surface area contributed by atoms with Crippen LogP contribution in [0.1, 0.15) is 28.5 Å². The van der Waals surface area contributed by atoms with Gasteiger partial charge in [0.1, 0.15) is 0 Å². The first-order valence-corrected chi connectivity index (χ1v) is 7.34. The van der Waals surface area contributed by atoms with Crippen LogP contribution in [0.5, 0.6) is 11.5 Å². The molecule has 2 heterocycles. The number of nitrogens with zero attached hydrogens (tertiary/aromatic N) is 2. The van der Waals surface area contributed by atoms with Crippen molar-refractivity contribution in [2.24, 2.45) is 0 Å². The lowest BCUT2D eigenvalue weighted by molar-refractivity contribution is 0.0733. The minimum Gasteiger partial charge on any atom is -0.493 e. The average molecular weight is 301 g/mol. The summed E-state index contributed by atoms with van der Waals surface area (Å²) in [5.74, 6) is 1.22. The molecule has 3 rings (SSSR count). The van der Waals surface area contributed by atoms with E-state index < -0.39 is 0 Å². The Morgan fingerprint density at radius 3 is 3.05 bits per heavy atom.